The molecule has 1 heterocycles. The molecule has 0 radical (unpaired) electrons. The van der Waals surface area contributed by atoms with Gasteiger partial charge in [-0.1, -0.05) is 33.6 Å². The second kappa shape index (κ2) is 5.56. The Bertz CT molecular complexity index is 318. The Hall–Kier alpha value is -0.280. The molecule has 0 spiro atoms. The highest BCUT2D eigenvalue weighted by Gasteiger charge is 2.07. The van der Waals surface area contributed by atoms with Gasteiger partial charge in [-0.25, -0.2) is 0 Å². The number of halogens is 2. The summed E-state index contributed by atoms with van der Waals surface area (Å²) in [5.41, 5.74) is 0.989. The first-order chi connectivity index (χ1) is 6.66. The maximum atomic E-state index is 6.02. The lowest BCUT2D eigenvalue weighted by atomic mass is 10.3. The summed E-state index contributed by atoms with van der Waals surface area (Å²) >= 11 is 9.39. The predicted molar refractivity (Wildman–Crippen MR) is 65.1 cm³/mol. The normalized spacial score (nSPS) is 11.8. The Labute approximate surface area is 98.1 Å². The number of nitrogens with zero attached hydrogens (tertiary/aromatic N) is 2. The zero-order valence-corrected chi connectivity index (χ0v) is 10.7. The van der Waals surface area contributed by atoms with Gasteiger partial charge in [-0.3, -0.25) is 4.68 Å². The second-order valence-corrected chi connectivity index (χ2v) is 4.50. The summed E-state index contributed by atoms with van der Waals surface area (Å²) in [6, 6.07) is 0.339. The standard InChI is InChI=1S/C10H14BrClN2/c1-8(2)14-10(5-3-4-6-11)9(12)7-13-14/h3,5,7-8H,4,6H2,1-2H3/b5-3+. The van der Waals surface area contributed by atoms with Gasteiger partial charge in [-0.15, -0.1) is 0 Å². The van der Waals surface area contributed by atoms with Gasteiger partial charge in [0.25, 0.3) is 0 Å². The fourth-order valence-corrected chi connectivity index (χ4v) is 1.63. The summed E-state index contributed by atoms with van der Waals surface area (Å²) in [6.45, 7) is 4.18. The van der Waals surface area contributed by atoms with Crippen LogP contribution < -0.4 is 0 Å². The van der Waals surface area contributed by atoms with Crippen molar-refractivity contribution in [1.82, 2.24) is 9.78 Å². The minimum absolute atomic E-state index is 0.339. The quantitative estimate of drug-likeness (QED) is 0.763. The van der Waals surface area contributed by atoms with Gasteiger partial charge in [0.05, 0.1) is 16.9 Å². The van der Waals surface area contributed by atoms with Crippen LogP contribution in [0.5, 0.6) is 0 Å². The van der Waals surface area contributed by atoms with Gasteiger partial charge in [0.2, 0.25) is 0 Å². The van der Waals surface area contributed by atoms with Crippen LogP contribution in [0, 0.1) is 0 Å². The molecule has 0 aliphatic rings. The SMILES string of the molecule is CC(C)n1ncc(Cl)c1/C=C/CCBr. The van der Waals surface area contributed by atoms with Gasteiger partial charge in [0.1, 0.15) is 0 Å². The number of allylic oxidation sites excluding steroid dienone is 1. The monoisotopic (exact) mass is 276 g/mol. The summed E-state index contributed by atoms with van der Waals surface area (Å²) in [5, 5.41) is 5.90. The van der Waals surface area contributed by atoms with E-state index in [0.717, 1.165) is 17.4 Å². The summed E-state index contributed by atoms with van der Waals surface area (Å²) in [4.78, 5) is 0. The molecule has 0 aliphatic carbocycles. The van der Waals surface area contributed by atoms with Gasteiger partial charge in [0.15, 0.2) is 0 Å². The van der Waals surface area contributed by atoms with E-state index in [1.54, 1.807) is 6.20 Å². The van der Waals surface area contributed by atoms with Crippen LogP contribution in [0.4, 0.5) is 0 Å². The molecule has 1 aromatic rings. The van der Waals surface area contributed by atoms with E-state index < -0.39 is 0 Å². The average molecular weight is 278 g/mol. The van der Waals surface area contributed by atoms with Gasteiger partial charge in [-0.05, 0) is 26.3 Å². The van der Waals surface area contributed by atoms with Crippen molar-refractivity contribution >= 4 is 33.6 Å². The summed E-state index contributed by atoms with van der Waals surface area (Å²) in [5.74, 6) is 0. The smallest absolute Gasteiger partial charge is 0.0859 e. The topological polar surface area (TPSA) is 17.8 Å². The zero-order valence-electron chi connectivity index (χ0n) is 8.37. The number of hydrogen-bond acceptors (Lipinski definition) is 1. The summed E-state index contributed by atoms with van der Waals surface area (Å²) in [7, 11) is 0. The average Bonchev–Trinajstić information content (AvgIpc) is 2.48. The number of aromatic nitrogens is 2. The molecular weight excluding hydrogens is 263 g/mol. The largest absolute Gasteiger partial charge is 0.261 e. The highest BCUT2D eigenvalue weighted by Crippen LogP contribution is 2.20. The minimum Gasteiger partial charge on any atom is -0.261 e. The Morgan fingerprint density at radius 2 is 2.36 bits per heavy atom. The van der Waals surface area contributed by atoms with Crippen molar-refractivity contribution in [2.45, 2.75) is 26.3 Å². The third-order valence-electron chi connectivity index (χ3n) is 1.83. The van der Waals surface area contributed by atoms with Crippen molar-refractivity contribution in [3.8, 4) is 0 Å². The molecule has 0 saturated heterocycles. The first-order valence-corrected chi connectivity index (χ1v) is 6.12. The molecule has 0 atom stereocenters. The van der Waals surface area contributed by atoms with Crippen molar-refractivity contribution in [2.24, 2.45) is 0 Å². The van der Waals surface area contributed by atoms with Crippen molar-refractivity contribution < 1.29 is 0 Å². The van der Waals surface area contributed by atoms with E-state index in [0.29, 0.717) is 11.1 Å². The molecule has 0 unspecified atom stereocenters. The number of alkyl halides is 1. The highest BCUT2D eigenvalue weighted by atomic mass is 79.9. The van der Waals surface area contributed by atoms with Gasteiger partial charge in [-0.2, -0.15) is 5.10 Å². The van der Waals surface area contributed by atoms with E-state index in [4.69, 9.17) is 11.6 Å². The predicted octanol–water partition coefficient (Wildman–Crippen LogP) is 3.92. The molecule has 78 valence electrons. The van der Waals surface area contributed by atoms with Crippen molar-refractivity contribution in [2.75, 3.05) is 5.33 Å². The molecule has 0 bridgehead atoms. The summed E-state index contributed by atoms with van der Waals surface area (Å²) < 4.78 is 1.92. The molecule has 2 nitrogen and oxygen atoms in total. The Morgan fingerprint density at radius 3 is 2.93 bits per heavy atom. The maximum Gasteiger partial charge on any atom is 0.0859 e. The third kappa shape index (κ3) is 2.85. The molecule has 0 amide bonds. The highest BCUT2D eigenvalue weighted by molar-refractivity contribution is 9.09. The second-order valence-electron chi connectivity index (χ2n) is 3.30. The first kappa shape index (κ1) is 11.8. The lowest BCUT2D eigenvalue weighted by molar-refractivity contribution is 0.528. The van der Waals surface area contributed by atoms with Crippen LogP contribution in [-0.2, 0) is 0 Å². The molecule has 0 aromatic carbocycles. The Kier molecular flexibility index (Phi) is 4.69. The van der Waals surface area contributed by atoms with E-state index in [2.05, 4.69) is 41.0 Å². The summed E-state index contributed by atoms with van der Waals surface area (Å²) in [6.07, 6.45) is 6.81. The van der Waals surface area contributed by atoms with E-state index in [1.165, 1.54) is 0 Å². The van der Waals surface area contributed by atoms with Crippen LogP contribution in [0.15, 0.2) is 12.3 Å². The van der Waals surface area contributed by atoms with Crippen molar-refractivity contribution in [3.63, 3.8) is 0 Å². The molecule has 1 aromatic heterocycles. The van der Waals surface area contributed by atoms with Crippen molar-refractivity contribution in [1.29, 1.82) is 0 Å². The van der Waals surface area contributed by atoms with Crippen LogP contribution in [0.25, 0.3) is 6.08 Å². The molecule has 0 fully saturated rings. The third-order valence-corrected chi connectivity index (χ3v) is 2.58. The van der Waals surface area contributed by atoms with Gasteiger partial charge in [0, 0.05) is 11.4 Å². The molecule has 4 heteroatoms. The molecular formula is C10H14BrClN2. The fourth-order valence-electron chi connectivity index (χ4n) is 1.18. The fraction of sp³-hybridized carbons (Fsp3) is 0.500. The molecule has 14 heavy (non-hydrogen) atoms. The van der Waals surface area contributed by atoms with Crippen molar-refractivity contribution in [3.05, 3.63) is 23.0 Å². The number of rotatable bonds is 4. The molecule has 0 N–H and O–H groups in total. The zero-order chi connectivity index (χ0) is 10.6. The van der Waals surface area contributed by atoms with Crippen LogP contribution in [-0.4, -0.2) is 15.1 Å². The first-order valence-electron chi connectivity index (χ1n) is 4.62. The number of hydrogen-bond donors (Lipinski definition) is 0. The van der Waals surface area contributed by atoms with E-state index in [1.807, 2.05) is 10.8 Å². The van der Waals surface area contributed by atoms with Crippen LogP contribution in [0.2, 0.25) is 5.02 Å². The lowest BCUT2D eigenvalue weighted by Crippen LogP contribution is -2.04. The molecule has 0 aliphatic heterocycles. The van der Waals surface area contributed by atoms with E-state index >= 15 is 0 Å². The van der Waals surface area contributed by atoms with Crippen LogP contribution in [0.1, 0.15) is 32.0 Å². The van der Waals surface area contributed by atoms with Crippen LogP contribution in [0.3, 0.4) is 0 Å². The Morgan fingerprint density at radius 1 is 1.64 bits per heavy atom. The van der Waals surface area contributed by atoms with E-state index in [9.17, 15) is 0 Å². The van der Waals surface area contributed by atoms with Gasteiger partial charge < -0.3 is 0 Å². The lowest BCUT2D eigenvalue weighted by Gasteiger charge is -2.07. The minimum atomic E-state index is 0.339. The van der Waals surface area contributed by atoms with Crippen LogP contribution >= 0.6 is 27.5 Å². The molecule has 0 saturated carbocycles. The molecule has 1 rings (SSSR count). The maximum absolute atomic E-state index is 6.02. The Balaban J connectivity index is 2.88. The van der Waals surface area contributed by atoms with E-state index in [-0.39, 0.29) is 0 Å². The van der Waals surface area contributed by atoms with Gasteiger partial charge >= 0.3 is 0 Å².